The molecule has 1 aliphatic heterocycles. The van der Waals surface area contributed by atoms with E-state index in [0.717, 1.165) is 18.4 Å². The molecule has 1 unspecified atom stereocenters. The summed E-state index contributed by atoms with van der Waals surface area (Å²) >= 11 is 0. The molecule has 154 valence electrons. The number of likely N-dealkylation sites (tertiary alicyclic amines) is 1. The van der Waals surface area contributed by atoms with Gasteiger partial charge in [-0.1, -0.05) is 24.3 Å². The molecule has 4 rings (SSSR count). The van der Waals surface area contributed by atoms with Crippen LogP contribution in [0.25, 0.3) is 11.1 Å². The molecule has 8 heteroatoms. The van der Waals surface area contributed by atoms with Crippen molar-refractivity contribution in [2.45, 2.75) is 24.5 Å². The lowest BCUT2D eigenvalue weighted by atomic mass is 9.98. The third-order valence-corrected chi connectivity index (χ3v) is 6.71. The molecule has 0 N–H and O–H groups in total. The molecule has 1 fully saturated rings. The minimum atomic E-state index is -3.62. The second-order valence-corrected chi connectivity index (χ2v) is 9.60. The fourth-order valence-electron chi connectivity index (χ4n) is 3.73. The van der Waals surface area contributed by atoms with Crippen molar-refractivity contribution < 1.29 is 17.6 Å². The monoisotopic (exact) mass is 423 g/mol. The zero-order chi connectivity index (χ0) is 21.1. The van der Waals surface area contributed by atoms with E-state index in [4.69, 9.17) is 9.68 Å². The minimum Gasteiger partial charge on any atom is -0.440 e. The van der Waals surface area contributed by atoms with Gasteiger partial charge < -0.3 is 9.32 Å². The quantitative estimate of drug-likeness (QED) is 0.625. The molecule has 1 aliphatic rings. The average Bonchev–Trinajstić information content (AvgIpc) is 3.18. The summed E-state index contributed by atoms with van der Waals surface area (Å²) in [6.07, 6.45) is 1.61. The van der Waals surface area contributed by atoms with Crippen molar-refractivity contribution in [1.82, 2.24) is 9.88 Å². The van der Waals surface area contributed by atoms with Gasteiger partial charge in [0.05, 0.1) is 23.3 Å². The van der Waals surface area contributed by atoms with Crippen LogP contribution in [0.2, 0.25) is 0 Å². The van der Waals surface area contributed by atoms with Crippen LogP contribution in [0, 0.1) is 11.3 Å². The van der Waals surface area contributed by atoms with Crippen LogP contribution < -0.4 is 0 Å². The first kappa shape index (κ1) is 20.1. The number of benzene rings is 2. The van der Waals surface area contributed by atoms with E-state index in [9.17, 15) is 13.2 Å². The smallest absolute Gasteiger partial charge is 0.237 e. The van der Waals surface area contributed by atoms with E-state index in [-0.39, 0.29) is 11.7 Å². The normalized spacial score (nSPS) is 17.0. The predicted molar refractivity (Wildman–Crippen MR) is 111 cm³/mol. The van der Waals surface area contributed by atoms with E-state index in [1.807, 2.05) is 30.3 Å². The van der Waals surface area contributed by atoms with Gasteiger partial charge in [-0.25, -0.2) is 13.4 Å². The summed E-state index contributed by atoms with van der Waals surface area (Å²) in [6.45, 7) is 0.931. The summed E-state index contributed by atoms with van der Waals surface area (Å²) in [4.78, 5) is 18.8. The molecule has 1 saturated heterocycles. The van der Waals surface area contributed by atoms with Crippen LogP contribution in [0.15, 0.2) is 52.9 Å². The van der Waals surface area contributed by atoms with Crippen LogP contribution in [0.5, 0.6) is 0 Å². The van der Waals surface area contributed by atoms with Crippen molar-refractivity contribution >= 4 is 26.8 Å². The topological polar surface area (TPSA) is 104 Å². The van der Waals surface area contributed by atoms with E-state index < -0.39 is 21.5 Å². The Balaban J connectivity index is 1.41. The molecular weight excluding hydrogens is 402 g/mol. The molecule has 0 radical (unpaired) electrons. The van der Waals surface area contributed by atoms with Crippen LogP contribution in [0.1, 0.15) is 35.8 Å². The van der Waals surface area contributed by atoms with E-state index in [1.54, 1.807) is 29.2 Å². The second kappa shape index (κ2) is 8.28. The van der Waals surface area contributed by atoms with Crippen molar-refractivity contribution in [3.8, 4) is 6.07 Å². The lowest BCUT2D eigenvalue weighted by Gasteiger charge is -2.31. The van der Waals surface area contributed by atoms with Crippen molar-refractivity contribution in [3.05, 3.63) is 65.5 Å². The van der Waals surface area contributed by atoms with E-state index in [0.29, 0.717) is 35.7 Å². The highest BCUT2D eigenvalue weighted by molar-refractivity contribution is 7.91. The molecule has 1 aromatic heterocycles. The number of para-hydroxylation sites is 2. The van der Waals surface area contributed by atoms with E-state index in [2.05, 4.69) is 4.98 Å². The van der Waals surface area contributed by atoms with Gasteiger partial charge in [0.1, 0.15) is 11.3 Å². The average molecular weight is 423 g/mol. The molecule has 0 spiro atoms. The Morgan fingerprint density at radius 1 is 1.20 bits per heavy atom. The molecule has 7 nitrogen and oxygen atoms in total. The maximum absolute atomic E-state index is 12.7. The van der Waals surface area contributed by atoms with Gasteiger partial charge in [-0.3, -0.25) is 4.79 Å². The van der Waals surface area contributed by atoms with Gasteiger partial charge in [-0.05, 0) is 42.7 Å². The molecule has 30 heavy (non-hydrogen) atoms. The van der Waals surface area contributed by atoms with Crippen LogP contribution in [0.4, 0.5) is 0 Å². The lowest BCUT2D eigenvalue weighted by molar-refractivity contribution is -0.129. The SMILES string of the molecule is N#Cc1ccc(CS(=O)(=O)CC(=O)N2CCCC(c3nc4ccccc4o3)C2)cc1. The van der Waals surface area contributed by atoms with Gasteiger partial charge in [0.15, 0.2) is 21.3 Å². The molecule has 3 aromatic rings. The van der Waals surface area contributed by atoms with Crippen LogP contribution >= 0.6 is 0 Å². The van der Waals surface area contributed by atoms with Gasteiger partial charge in [-0.15, -0.1) is 0 Å². The number of nitriles is 1. The summed E-state index contributed by atoms with van der Waals surface area (Å²) in [5, 5.41) is 8.84. The highest BCUT2D eigenvalue weighted by atomic mass is 32.2. The number of carbonyl (C=O) groups is 1. The standard InChI is InChI=1S/C22H21N3O4S/c23-12-16-7-9-17(10-8-16)14-30(27,28)15-21(26)25-11-3-4-18(13-25)22-24-19-5-1-2-6-20(19)29-22/h1-2,5-10,18H,3-4,11,13-15H2. The molecular formula is C22H21N3O4S. The first-order valence-corrected chi connectivity index (χ1v) is 11.6. The van der Waals surface area contributed by atoms with Crippen LogP contribution in [-0.2, 0) is 20.4 Å². The first-order chi connectivity index (χ1) is 14.4. The second-order valence-electron chi connectivity index (χ2n) is 7.54. The third kappa shape index (κ3) is 4.52. The Kier molecular flexibility index (Phi) is 5.55. The number of oxazole rings is 1. The Hall–Kier alpha value is -3.18. The molecule has 0 aliphatic carbocycles. The van der Waals surface area contributed by atoms with Gasteiger partial charge in [0.2, 0.25) is 5.91 Å². The molecule has 1 atom stereocenters. The first-order valence-electron chi connectivity index (χ1n) is 9.76. The fourth-order valence-corrected chi connectivity index (χ4v) is 5.09. The summed E-state index contributed by atoms with van der Waals surface area (Å²) in [5.41, 5.74) is 2.51. The molecule has 2 aromatic carbocycles. The fraction of sp³-hybridized carbons (Fsp3) is 0.318. The number of aromatic nitrogens is 1. The Morgan fingerprint density at radius 2 is 1.97 bits per heavy atom. The number of rotatable bonds is 5. The highest BCUT2D eigenvalue weighted by Crippen LogP contribution is 2.29. The summed E-state index contributed by atoms with van der Waals surface area (Å²) < 4.78 is 30.9. The number of amides is 1. The molecule has 1 amide bonds. The Labute approximate surface area is 174 Å². The van der Waals surface area contributed by atoms with E-state index >= 15 is 0 Å². The number of nitrogens with zero attached hydrogens (tertiary/aromatic N) is 3. The largest absolute Gasteiger partial charge is 0.440 e. The van der Waals surface area contributed by atoms with Crippen molar-refractivity contribution in [2.75, 3.05) is 18.8 Å². The molecule has 0 bridgehead atoms. The van der Waals surface area contributed by atoms with Crippen molar-refractivity contribution in [2.24, 2.45) is 0 Å². The lowest BCUT2D eigenvalue weighted by Crippen LogP contribution is -2.42. The Morgan fingerprint density at radius 3 is 2.70 bits per heavy atom. The van der Waals surface area contributed by atoms with E-state index in [1.165, 1.54) is 0 Å². The number of piperidine rings is 1. The molecule has 0 saturated carbocycles. The summed E-state index contributed by atoms with van der Waals surface area (Å²) in [7, 11) is -3.62. The number of carbonyl (C=O) groups excluding carboxylic acids is 1. The van der Waals surface area contributed by atoms with Gasteiger partial charge in [-0.2, -0.15) is 5.26 Å². The van der Waals surface area contributed by atoms with Crippen LogP contribution in [0.3, 0.4) is 0 Å². The number of sulfone groups is 1. The number of hydrogen-bond donors (Lipinski definition) is 0. The van der Waals surface area contributed by atoms with Crippen molar-refractivity contribution in [1.29, 1.82) is 5.26 Å². The van der Waals surface area contributed by atoms with Crippen LogP contribution in [-0.4, -0.2) is 43.1 Å². The van der Waals surface area contributed by atoms with Gasteiger partial charge in [0.25, 0.3) is 0 Å². The zero-order valence-electron chi connectivity index (χ0n) is 16.3. The Bertz CT molecular complexity index is 1180. The van der Waals surface area contributed by atoms with Gasteiger partial charge in [0, 0.05) is 13.1 Å². The third-order valence-electron chi connectivity index (χ3n) is 5.25. The van der Waals surface area contributed by atoms with Crippen molar-refractivity contribution in [3.63, 3.8) is 0 Å². The maximum atomic E-state index is 12.7. The summed E-state index contributed by atoms with van der Waals surface area (Å²) in [6, 6.07) is 15.9. The summed E-state index contributed by atoms with van der Waals surface area (Å²) in [5.74, 6) is -0.616. The number of hydrogen-bond acceptors (Lipinski definition) is 6. The predicted octanol–water partition coefficient (Wildman–Crippen LogP) is 3.02. The zero-order valence-corrected chi connectivity index (χ0v) is 17.1. The maximum Gasteiger partial charge on any atom is 0.237 e. The number of fused-ring (bicyclic) bond motifs is 1. The minimum absolute atomic E-state index is 0.0451. The van der Waals surface area contributed by atoms with Gasteiger partial charge >= 0.3 is 0 Å². The highest BCUT2D eigenvalue weighted by Gasteiger charge is 2.30. The molecule has 2 heterocycles.